The highest BCUT2D eigenvalue weighted by Crippen LogP contribution is 2.37. The summed E-state index contributed by atoms with van der Waals surface area (Å²) in [6, 6.07) is 3.01. The van der Waals surface area contributed by atoms with E-state index in [9.17, 15) is 10.1 Å². The second-order valence-electron chi connectivity index (χ2n) is 4.55. The number of benzene rings is 1. The van der Waals surface area contributed by atoms with Crippen LogP contribution in [0.5, 0.6) is 11.5 Å². The zero-order valence-electron chi connectivity index (χ0n) is 13.7. The number of hydrogen-bond acceptors (Lipinski definition) is 8. The number of nitro groups is 1. The fraction of sp³-hybridized carbons (Fsp3) is 0.357. The zero-order chi connectivity index (χ0) is 17.7. The molecular formula is C14H17N5O4S. The van der Waals surface area contributed by atoms with Gasteiger partial charge in [-0.2, -0.15) is 9.78 Å². The van der Waals surface area contributed by atoms with Crippen LogP contribution < -0.4 is 9.47 Å². The van der Waals surface area contributed by atoms with Gasteiger partial charge in [0.05, 0.1) is 24.9 Å². The molecule has 0 N–H and O–H groups in total. The molecule has 0 aliphatic heterocycles. The molecule has 1 heterocycles. The number of aromatic nitrogens is 3. The summed E-state index contributed by atoms with van der Waals surface area (Å²) in [5.74, 6) is 0.995. The fourth-order valence-corrected chi connectivity index (χ4v) is 2.48. The molecule has 0 saturated heterocycles. The third kappa shape index (κ3) is 3.65. The first-order valence-electron chi connectivity index (χ1n) is 7.01. The van der Waals surface area contributed by atoms with Gasteiger partial charge in [0.25, 0.3) is 0 Å². The predicted octanol–water partition coefficient (Wildman–Crippen LogP) is 2.51. The SMILES string of the molecule is CCOc1cc(/C=N\n2c(C)nnc2SC)cc([N+](=O)[O-])c1OC. The van der Waals surface area contributed by atoms with Gasteiger partial charge >= 0.3 is 5.69 Å². The van der Waals surface area contributed by atoms with Crippen LogP contribution in [-0.4, -0.2) is 46.0 Å². The Labute approximate surface area is 142 Å². The number of aryl methyl sites for hydroxylation is 1. The maximum absolute atomic E-state index is 11.3. The second kappa shape index (κ2) is 7.77. The van der Waals surface area contributed by atoms with Crippen molar-refractivity contribution < 1.29 is 14.4 Å². The van der Waals surface area contributed by atoms with E-state index in [0.29, 0.717) is 28.9 Å². The number of thioether (sulfide) groups is 1. The predicted molar refractivity (Wildman–Crippen MR) is 90.3 cm³/mol. The lowest BCUT2D eigenvalue weighted by Crippen LogP contribution is -2.02. The smallest absolute Gasteiger partial charge is 0.315 e. The molecule has 0 radical (unpaired) electrons. The van der Waals surface area contributed by atoms with Gasteiger partial charge in [0.1, 0.15) is 0 Å². The molecular weight excluding hydrogens is 334 g/mol. The maximum Gasteiger partial charge on any atom is 0.315 e. The second-order valence-corrected chi connectivity index (χ2v) is 5.33. The number of ether oxygens (including phenoxy) is 2. The van der Waals surface area contributed by atoms with Crippen LogP contribution in [0.3, 0.4) is 0 Å². The highest BCUT2D eigenvalue weighted by atomic mass is 32.2. The van der Waals surface area contributed by atoms with Crippen molar-refractivity contribution in [2.24, 2.45) is 5.10 Å². The molecule has 24 heavy (non-hydrogen) atoms. The van der Waals surface area contributed by atoms with Gasteiger partial charge in [0, 0.05) is 11.6 Å². The lowest BCUT2D eigenvalue weighted by atomic mass is 10.2. The molecule has 0 aliphatic carbocycles. The molecule has 0 bridgehead atoms. The first kappa shape index (κ1) is 17.7. The number of hydrogen-bond donors (Lipinski definition) is 0. The molecule has 9 nitrogen and oxygen atoms in total. The third-order valence-electron chi connectivity index (χ3n) is 3.03. The van der Waals surface area contributed by atoms with Crippen molar-refractivity contribution in [2.75, 3.05) is 20.0 Å². The highest BCUT2D eigenvalue weighted by Gasteiger charge is 2.21. The van der Waals surface area contributed by atoms with Gasteiger partial charge < -0.3 is 9.47 Å². The molecule has 0 unspecified atom stereocenters. The standard InChI is InChI=1S/C14H17N5O4S/c1-5-23-12-7-10(6-11(19(20)21)13(12)22-3)8-15-18-9(2)16-17-14(18)24-4/h6-8H,5H2,1-4H3/b15-8-. The summed E-state index contributed by atoms with van der Waals surface area (Å²) in [5.41, 5.74) is 0.321. The number of rotatable bonds is 7. The molecule has 1 aromatic carbocycles. The van der Waals surface area contributed by atoms with Crippen molar-refractivity contribution in [1.29, 1.82) is 0 Å². The fourth-order valence-electron chi connectivity index (χ4n) is 2.01. The summed E-state index contributed by atoms with van der Waals surface area (Å²) in [5, 5.41) is 24.1. The lowest BCUT2D eigenvalue weighted by molar-refractivity contribution is -0.385. The van der Waals surface area contributed by atoms with Gasteiger partial charge in [-0.3, -0.25) is 10.1 Å². The molecule has 0 atom stereocenters. The topological polar surface area (TPSA) is 105 Å². The molecule has 2 aromatic rings. The molecule has 1 aromatic heterocycles. The minimum absolute atomic E-state index is 0.0873. The van der Waals surface area contributed by atoms with Crippen LogP contribution in [0, 0.1) is 17.0 Å². The average Bonchev–Trinajstić information content (AvgIpc) is 2.92. The van der Waals surface area contributed by atoms with E-state index < -0.39 is 4.92 Å². The Morgan fingerprint density at radius 2 is 2.21 bits per heavy atom. The Morgan fingerprint density at radius 3 is 2.79 bits per heavy atom. The van der Waals surface area contributed by atoms with Crippen molar-refractivity contribution in [3.05, 3.63) is 33.6 Å². The largest absolute Gasteiger partial charge is 0.490 e. The van der Waals surface area contributed by atoms with Crippen LogP contribution in [0.25, 0.3) is 0 Å². The van der Waals surface area contributed by atoms with Gasteiger partial charge in [-0.1, -0.05) is 11.8 Å². The van der Waals surface area contributed by atoms with Gasteiger partial charge in [-0.05, 0) is 26.2 Å². The van der Waals surface area contributed by atoms with E-state index in [0.717, 1.165) is 0 Å². The van der Waals surface area contributed by atoms with E-state index in [1.807, 2.05) is 6.26 Å². The lowest BCUT2D eigenvalue weighted by Gasteiger charge is -2.10. The molecule has 128 valence electrons. The summed E-state index contributed by atoms with van der Waals surface area (Å²) in [7, 11) is 1.36. The van der Waals surface area contributed by atoms with Gasteiger partial charge in [0.2, 0.25) is 10.9 Å². The van der Waals surface area contributed by atoms with Crippen LogP contribution in [0.1, 0.15) is 18.3 Å². The van der Waals surface area contributed by atoms with E-state index in [4.69, 9.17) is 9.47 Å². The summed E-state index contributed by atoms with van der Waals surface area (Å²) in [4.78, 5) is 10.8. The third-order valence-corrected chi connectivity index (χ3v) is 3.65. The van der Waals surface area contributed by atoms with Crippen molar-refractivity contribution in [1.82, 2.24) is 14.9 Å². The average molecular weight is 351 g/mol. The Kier molecular flexibility index (Phi) is 5.74. The minimum Gasteiger partial charge on any atom is -0.490 e. The van der Waals surface area contributed by atoms with Crippen LogP contribution in [0.15, 0.2) is 22.4 Å². The normalized spacial score (nSPS) is 11.0. The van der Waals surface area contributed by atoms with E-state index in [-0.39, 0.29) is 11.4 Å². The molecule has 0 aliphatic rings. The van der Waals surface area contributed by atoms with E-state index in [1.165, 1.54) is 31.2 Å². The van der Waals surface area contributed by atoms with Crippen LogP contribution in [0.2, 0.25) is 0 Å². The van der Waals surface area contributed by atoms with E-state index in [1.54, 1.807) is 24.6 Å². The zero-order valence-corrected chi connectivity index (χ0v) is 14.5. The highest BCUT2D eigenvalue weighted by molar-refractivity contribution is 7.98. The molecule has 2 rings (SSSR count). The Bertz CT molecular complexity index is 775. The Morgan fingerprint density at radius 1 is 1.46 bits per heavy atom. The summed E-state index contributed by atoms with van der Waals surface area (Å²) in [6.07, 6.45) is 3.35. The van der Waals surface area contributed by atoms with Crippen LogP contribution >= 0.6 is 11.8 Å². The van der Waals surface area contributed by atoms with Crippen molar-refractivity contribution in [3.8, 4) is 11.5 Å². The van der Waals surface area contributed by atoms with Crippen molar-refractivity contribution >= 4 is 23.7 Å². The molecule has 0 saturated carbocycles. The van der Waals surface area contributed by atoms with Gasteiger partial charge in [-0.15, -0.1) is 10.2 Å². The Hall–Kier alpha value is -2.62. The van der Waals surface area contributed by atoms with Gasteiger partial charge in [0.15, 0.2) is 11.6 Å². The van der Waals surface area contributed by atoms with Gasteiger partial charge in [-0.25, -0.2) is 0 Å². The monoisotopic (exact) mass is 351 g/mol. The minimum atomic E-state index is -0.518. The first-order valence-corrected chi connectivity index (χ1v) is 8.23. The van der Waals surface area contributed by atoms with E-state index >= 15 is 0 Å². The summed E-state index contributed by atoms with van der Waals surface area (Å²) >= 11 is 1.40. The molecule has 0 spiro atoms. The van der Waals surface area contributed by atoms with E-state index in [2.05, 4.69) is 15.3 Å². The molecule has 0 fully saturated rings. The molecule has 10 heteroatoms. The van der Waals surface area contributed by atoms with Crippen LogP contribution in [-0.2, 0) is 0 Å². The number of methoxy groups -OCH3 is 1. The number of nitro benzene ring substituents is 1. The van der Waals surface area contributed by atoms with Crippen molar-refractivity contribution in [3.63, 3.8) is 0 Å². The number of nitrogens with zero attached hydrogens (tertiary/aromatic N) is 5. The summed E-state index contributed by atoms with van der Waals surface area (Å²) in [6.45, 7) is 3.92. The molecule has 0 amide bonds. The maximum atomic E-state index is 11.3. The first-order chi connectivity index (χ1) is 11.5. The van der Waals surface area contributed by atoms with Crippen LogP contribution in [0.4, 0.5) is 5.69 Å². The Balaban J connectivity index is 2.48. The van der Waals surface area contributed by atoms with Crippen molar-refractivity contribution in [2.45, 2.75) is 19.0 Å². The summed E-state index contributed by atoms with van der Waals surface area (Å²) < 4.78 is 12.1. The quantitative estimate of drug-likeness (QED) is 0.326.